The molecular formula is C13H21N3O4S. The first-order chi connectivity index (χ1) is 9.51. The van der Waals surface area contributed by atoms with E-state index in [0.717, 1.165) is 6.07 Å². The molecule has 8 heteroatoms. The molecule has 0 saturated heterocycles. The lowest BCUT2D eigenvalue weighted by molar-refractivity contribution is -0.122. The Morgan fingerprint density at radius 2 is 1.95 bits per heavy atom. The standard InChI is InChI=1S/C13H21N3O4S/c1-13(2,3)16-12(18)6-7-15-21(19,20)9-4-5-11(17)10(14)8-9/h4-5,8,15,17H,6-7,14H2,1-3H3,(H,16,18). The third-order valence-electron chi connectivity index (χ3n) is 2.47. The van der Waals surface area contributed by atoms with Crippen LogP contribution in [0.25, 0.3) is 0 Å². The van der Waals surface area contributed by atoms with Gasteiger partial charge in [0.05, 0.1) is 10.6 Å². The molecule has 1 aromatic rings. The van der Waals surface area contributed by atoms with Gasteiger partial charge in [0.2, 0.25) is 15.9 Å². The number of nitrogen functional groups attached to an aromatic ring is 1. The number of hydrogen-bond donors (Lipinski definition) is 4. The summed E-state index contributed by atoms with van der Waals surface area (Å²) in [5.41, 5.74) is 5.07. The van der Waals surface area contributed by atoms with Gasteiger partial charge < -0.3 is 16.2 Å². The number of sulfonamides is 1. The van der Waals surface area contributed by atoms with Crippen molar-refractivity contribution in [1.29, 1.82) is 0 Å². The largest absolute Gasteiger partial charge is 0.506 e. The highest BCUT2D eigenvalue weighted by Gasteiger charge is 2.17. The number of rotatable bonds is 5. The van der Waals surface area contributed by atoms with Crippen LogP contribution in [0.1, 0.15) is 27.2 Å². The van der Waals surface area contributed by atoms with E-state index in [9.17, 15) is 18.3 Å². The molecule has 0 aliphatic rings. The van der Waals surface area contributed by atoms with Gasteiger partial charge in [0.25, 0.3) is 0 Å². The van der Waals surface area contributed by atoms with E-state index >= 15 is 0 Å². The summed E-state index contributed by atoms with van der Waals surface area (Å²) in [7, 11) is -3.76. The van der Waals surface area contributed by atoms with Crippen molar-refractivity contribution in [2.45, 2.75) is 37.6 Å². The van der Waals surface area contributed by atoms with Gasteiger partial charge in [0.15, 0.2) is 0 Å². The van der Waals surface area contributed by atoms with Crippen molar-refractivity contribution in [2.24, 2.45) is 0 Å². The maximum Gasteiger partial charge on any atom is 0.240 e. The molecule has 0 bridgehead atoms. The summed E-state index contributed by atoms with van der Waals surface area (Å²) in [6.07, 6.45) is 0.0318. The Morgan fingerprint density at radius 1 is 1.33 bits per heavy atom. The van der Waals surface area contributed by atoms with E-state index in [4.69, 9.17) is 5.73 Å². The second kappa shape index (κ2) is 6.31. The van der Waals surface area contributed by atoms with Crippen LogP contribution in [0.3, 0.4) is 0 Å². The highest BCUT2D eigenvalue weighted by Crippen LogP contribution is 2.22. The molecule has 0 aliphatic heterocycles. The second-order valence-electron chi connectivity index (χ2n) is 5.67. The maximum atomic E-state index is 12.0. The van der Waals surface area contributed by atoms with E-state index in [-0.39, 0.29) is 40.7 Å². The first-order valence-corrected chi connectivity index (χ1v) is 7.89. The minimum Gasteiger partial charge on any atom is -0.506 e. The van der Waals surface area contributed by atoms with Gasteiger partial charge in [-0.25, -0.2) is 13.1 Å². The third kappa shape index (κ3) is 5.60. The van der Waals surface area contributed by atoms with Crippen molar-refractivity contribution in [3.05, 3.63) is 18.2 Å². The summed E-state index contributed by atoms with van der Waals surface area (Å²) in [6.45, 7) is 5.50. The Balaban J connectivity index is 2.61. The van der Waals surface area contributed by atoms with E-state index in [1.807, 2.05) is 20.8 Å². The molecule has 0 unspecified atom stereocenters. The number of aromatic hydroxyl groups is 1. The molecule has 0 fully saturated rings. The predicted octanol–water partition coefficient (Wildman–Crippen LogP) is 0.557. The fourth-order valence-electron chi connectivity index (χ4n) is 1.56. The van der Waals surface area contributed by atoms with Crippen molar-refractivity contribution in [1.82, 2.24) is 10.0 Å². The van der Waals surface area contributed by atoms with Crippen LogP contribution in [0.2, 0.25) is 0 Å². The maximum absolute atomic E-state index is 12.0. The lowest BCUT2D eigenvalue weighted by Gasteiger charge is -2.20. The molecule has 0 aromatic heterocycles. The number of benzene rings is 1. The van der Waals surface area contributed by atoms with E-state index in [1.54, 1.807) is 0 Å². The van der Waals surface area contributed by atoms with E-state index in [1.165, 1.54) is 12.1 Å². The van der Waals surface area contributed by atoms with Crippen LogP contribution < -0.4 is 15.8 Å². The van der Waals surface area contributed by atoms with Crippen molar-refractivity contribution in [3.63, 3.8) is 0 Å². The smallest absolute Gasteiger partial charge is 0.240 e. The number of hydrogen-bond acceptors (Lipinski definition) is 5. The summed E-state index contributed by atoms with van der Waals surface area (Å²) in [5, 5.41) is 12.0. The van der Waals surface area contributed by atoms with Crippen LogP contribution in [0.4, 0.5) is 5.69 Å². The Kier molecular flexibility index (Phi) is 5.19. The summed E-state index contributed by atoms with van der Waals surface area (Å²) >= 11 is 0. The van der Waals surface area contributed by atoms with Gasteiger partial charge in [-0.05, 0) is 39.0 Å². The van der Waals surface area contributed by atoms with Gasteiger partial charge in [-0.15, -0.1) is 0 Å². The fraction of sp³-hybridized carbons (Fsp3) is 0.462. The predicted molar refractivity (Wildman–Crippen MR) is 80.2 cm³/mol. The molecule has 0 spiro atoms. The zero-order valence-corrected chi connectivity index (χ0v) is 13.1. The Labute approximate surface area is 124 Å². The molecule has 1 aromatic carbocycles. The second-order valence-corrected chi connectivity index (χ2v) is 7.43. The van der Waals surface area contributed by atoms with Crippen molar-refractivity contribution < 1.29 is 18.3 Å². The number of phenolic OH excluding ortho intramolecular Hbond substituents is 1. The van der Waals surface area contributed by atoms with Crippen LogP contribution in [0.15, 0.2) is 23.1 Å². The van der Waals surface area contributed by atoms with Crippen LogP contribution >= 0.6 is 0 Å². The Bertz CT molecular complexity index is 621. The average molecular weight is 315 g/mol. The highest BCUT2D eigenvalue weighted by atomic mass is 32.2. The number of carbonyl (C=O) groups is 1. The average Bonchev–Trinajstić information content (AvgIpc) is 2.29. The van der Waals surface area contributed by atoms with Crippen LogP contribution in [0.5, 0.6) is 5.75 Å². The van der Waals surface area contributed by atoms with E-state index in [0.29, 0.717) is 0 Å². The Morgan fingerprint density at radius 3 is 2.48 bits per heavy atom. The zero-order chi connectivity index (χ0) is 16.3. The van der Waals surface area contributed by atoms with Crippen molar-refractivity contribution >= 4 is 21.6 Å². The summed E-state index contributed by atoms with van der Waals surface area (Å²) < 4.78 is 26.3. The number of nitrogens with one attached hydrogen (secondary N) is 2. The van der Waals surface area contributed by atoms with Gasteiger partial charge in [-0.3, -0.25) is 4.79 Å². The van der Waals surface area contributed by atoms with Crippen molar-refractivity contribution in [3.8, 4) is 5.75 Å². The molecule has 0 saturated carbocycles. The lowest BCUT2D eigenvalue weighted by Crippen LogP contribution is -2.41. The molecule has 0 atom stereocenters. The molecule has 21 heavy (non-hydrogen) atoms. The molecule has 0 heterocycles. The van der Waals surface area contributed by atoms with Gasteiger partial charge in [0, 0.05) is 18.5 Å². The topological polar surface area (TPSA) is 122 Å². The van der Waals surface area contributed by atoms with E-state index < -0.39 is 10.0 Å². The zero-order valence-electron chi connectivity index (χ0n) is 12.3. The minimum absolute atomic E-state index is 0.0228. The van der Waals surface area contributed by atoms with Gasteiger partial charge in [-0.2, -0.15) is 0 Å². The number of nitrogens with two attached hydrogens (primary N) is 1. The van der Waals surface area contributed by atoms with Gasteiger partial charge in [-0.1, -0.05) is 0 Å². The first kappa shape index (κ1) is 17.3. The van der Waals surface area contributed by atoms with Crippen LogP contribution in [-0.2, 0) is 14.8 Å². The van der Waals surface area contributed by atoms with Crippen LogP contribution in [0, 0.1) is 0 Å². The van der Waals surface area contributed by atoms with Crippen LogP contribution in [-0.4, -0.2) is 31.5 Å². The molecule has 0 aliphatic carbocycles. The van der Waals surface area contributed by atoms with E-state index in [2.05, 4.69) is 10.0 Å². The Hall–Kier alpha value is -1.80. The molecule has 1 rings (SSSR count). The lowest BCUT2D eigenvalue weighted by atomic mass is 10.1. The third-order valence-corrected chi connectivity index (χ3v) is 3.93. The van der Waals surface area contributed by atoms with Crippen molar-refractivity contribution in [2.75, 3.05) is 12.3 Å². The molecule has 7 nitrogen and oxygen atoms in total. The summed E-state index contributed by atoms with van der Waals surface area (Å²) in [4.78, 5) is 11.5. The summed E-state index contributed by atoms with van der Waals surface area (Å²) in [5.74, 6) is -0.422. The number of amides is 1. The normalized spacial score (nSPS) is 12.1. The molecule has 0 radical (unpaired) electrons. The number of phenols is 1. The number of carbonyl (C=O) groups excluding carboxylic acids is 1. The van der Waals surface area contributed by atoms with Gasteiger partial charge in [0.1, 0.15) is 5.75 Å². The highest BCUT2D eigenvalue weighted by molar-refractivity contribution is 7.89. The molecule has 1 amide bonds. The quantitative estimate of drug-likeness (QED) is 0.467. The molecule has 5 N–H and O–H groups in total. The van der Waals surface area contributed by atoms with Gasteiger partial charge >= 0.3 is 0 Å². The SMILES string of the molecule is CC(C)(C)NC(=O)CCNS(=O)(=O)c1ccc(O)c(N)c1. The fourth-order valence-corrected chi connectivity index (χ4v) is 2.63. The monoisotopic (exact) mass is 315 g/mol. The molecular weight excluding hydrogens is 294 g/mol. The first-order valence-electron chi connectivity index (χ1n) is 6.40. The minimum atomic E-state index is -3.76. The number of anilines is 1. The summed E-state index contributed by atoms with van der Waals surface area (Å²) in [6, 6.07) is 3.60. The molecule has 118 valence electrons.